The van der Waals surface area contributed by atoms with Gasteiger partial charge in [-0.3, -0.25) is 9.59 Å². The summed E-state index contributed by atoms with van der Waals surface area (Å²) in [5.74, 6) is 0.0144. The molecule has 7 nitrogen and oxygen atoms in total. The van der Waals surface area contributed by atoms with Gasteiger partial charge < -0.3 is 24.9 Å². The number of carboxylic acids is 1. The van der Waals surface area contributed by atoms with Crippen LogP contribution < -0.4 is 15.2 Å². The zero-order valence-corrected chi connectivity index (χ0v) is 15.8. The van der Waals surface area contributed by atoms with E-state index < -0.39 is 11.9 Å². The largest absolute Gasteiger partial charge is 0.481 e. The van der Waals surface area contributed by atoms with Gasteiger partial charge in [-0.25, -0.2) is 0 Å². The highest BCUT2D eigenvalue weighted by Gasteiger charge is 2.19. The number of rotatable bonds is 6. The Balaban J connectivity index is 1.85. The summed E-state index contributed by atoms with van der Waals surface area (Å²) in [5, 5.41) is 9.13. The standard InChI is InChI=1S/C22H20N2O5/c1-13-10-15(22(23)27)2-6-17(13)24-16(5-9-21(25)26)4-7-18(24)14-3-8-19-20(11-14)29-12-28-19/h2-4,6-8,10-11H,5,9,12H2,1H3,(H2,23,27)(H,25,26). The second-order valence-electron chi connectivity index (χ2n) is 6.87. The van der Waals surface area contributed by atoms with Crippen LogP contribution in [0.5, 0.6) is 11.5 Å². The average molecular weight is 392 g/mol. The van der Waals surface area contributed by atoms with Crippen LogP contribution in [0.15, 0.2) is 48.5 Å². The number of aryl methyl sites for hydroxylation is 2. The maximum Gasteiger partial charge on any atom is 0.303 e. The van der Waals surface area contributed by atoms with Crippen LogP contribution in [0.1, 0.15) is 28.0 Å². The van der Waals surface area contributed by atoms with Crippen LogP contribution in [0.2, 0.25) is 0 Å². The number of hydrogen-bond acceptors (Lipinski definition) is 4. The number of benzene rings is 2. The SMILES string of the molecule is Cc1cc(C(N)=O)ccc1-n1c(CCC(=O)O)ccc1-c1ccc2c(c1)OCO2. The summed E-state index contributed by atoms with van der Waals surface area (Å²) in [5.41, 5.74) is 10.2. The van der Waals surface area contributed by atoms with Gasteiger partial charge >= 0.3 is 5.97 Å². The number of amides is 1. The number of ether oxygens (including phenoxy) is 2. The average Bonchev–Trinajstić information content (AvgIpc) is 3.32. The highest BCUT2D eigenvalue weighted by Crippen LogP contribution is 2.37. The Morgan fingerprint density at radius 1 is 1.07 bits per heavy atom. The number of carbonyl (C=O) groups excluding carboxylic acids is 1. The fourth-order valence-electron chi connectivity index (χ4n) is 3.53. The number of primary amides is 1. The second kappa shape index (κ2) is 7.35. The van der Waals surface area contributed by atoms with Gasteiger partial charge in [-0.1, -0.05) is 0 Å². The molecule has 3 aromatic rings. The van der Waals surface area contributed by atoms with Crippen molar-refractivity contribution in [3.8, 4) is 28.4 Å². The lowest BCUT2D eigenvalue weighted by molar-refractivity contribution is -0.136. The molecule has 0 saturated heterocycles. The number of carboxylic acid groups (broad SMARTS) is 1. The lowest BCUT2D eigenvalue weighted by Gasteiger charge is -2.17. The van der Waals surface area contributed by atoms with E-state index in [1.807, 2.05) is 47.9 Å². The van der Waals surface area contributed by atoms with Gasteiger partial charge in [-0.15, -0.1) is 0 Å². The number of nitrogens with two attached hydrogens (primary N) is 1. The zero-order chi connectivity index (χ0) is 20.5. The first-order chi connectivity index (χ1) is 13.9. The molecule has 1 aliphatic rings. The fourth-order valence-corrected chi connectivity index (χ4v) is 3.53. The first-order valence-corrected chi connectivity index (χ1v) is 9.17. The summed E-state index contributed by atoms with van der Waals surface area (Å²) in [7, 11) is 0. The Labute approximate surface area is 167 Å². The molecule has 0 fully saturated rings. The first kappa shape index (κ1) is 18.6. The Morgan fingerprint density at radius 2 is 1.86 bits per heavy atom. The molecule has 29 heavy (non-hydrogen) atoms. The van der Waals surface area contributed by atoms with E-state index in [2.05, 4.69) is 0 Å². The van der Waals surface area contributed by atoms with Crippen molar-refractivity contribution in [3.63, 3.8) is 0 Å². The molecule has 1 aliphatic heterocycles. The molecule has 0 unspecified atom stereocenters. The van der Waals surface area contributed by atoms with Gasteiger partial charge in [0.25, 0.3) is 0 Å². The Hall–Kier alpha value is -3.74. The molecule has 4 rings (SSSR count). The molecule has 7 heteroatoms. The molecular formula is C22H20N2O5. The molecule has 2 aromatic carbocycles. The monoisotopic (exact) mass is 392 g/mol. The van der Waals surface area contributed by atoms with Crippen LogP contribution >= 0.6 is 0 Å². The van der Waals surface area contributed by atoms with E-state index in [1.54, 1.807) is 12.1 Å². The number of hydrogen-bond donors (Lipinski definition) is 2. The summed E-state index contributed by atoms with van der Waals surface area (Å²) < 4.78 is 12.9. The van der Waals surface area contributed by atoms with Gasteiger partial charge in [0, 0.05) is 22.5 Å². The Morgan fingerprint density at radius 3 is 2.59 bits per heavy atom. The third-order valence-corrected chi connectivity index (χ3v) is 4.95. The molecule has 1 aromatic heterocycles. The topological polar surface area (TPSA) is 104 Å². The van der Waals surface area contributed by atoms with E-state index in [1.165, 1.54) is 0 Å². The van der Waals surface area contributed by atoms with E-state index in [9.17, 15) is 9.59 Å². The van der Waals surface area contributed by atoms with E-state index >= 15 is 0 Å². The third kappa shape index (κ3) is 3.54. The van der Waals surface area contributed by atoms with Crippen molar-refractivity contribution in [2.75, 3.05) is 6.79 Å². The number of fused-ring (bicyclic) bond motifs is 1. The van der Waals surface area contributed by atoms with Crippen LogP contribution in [0.4, 0.5) is 0 Å². The van der Waals surface area contributed by atoms with E-state index in [0.29, 0.717) is 23.5 Å². The van der Waals surface area contributed by atoms with Crippen molar-refractivity contribution >= 4 is 11.9 Å². The normalized spacial score (nSPS) is 12.2. The zero-order valence-electron chi connectivity index (χ0n) is 15.8. The van der Waals surface area contributed by atoms with Crippen LogP contribution in [0.3, 0.4) is 0 Å². The summed E-state index contributed by atoms with van der Waals surface area (Å²) in [6, 6.07) is 14.8. The molecule has 0 saturated carbocycles. The quantitative estimate of drug-likeness (QED) is 0.670. The van der Waals surface area contributed by atoms with Gasteiger partial charge in [0.15, 0.2) is 11.5 Å². The molecule has 1 amide bonds. The van der Waals surface area contributed by atoms with E-state index in [0.717, 1.165) is 28.2 Å². The predicted molar refractivity (Wildman–Crippen MR) is 107 cm³/mol. The van der Waals surface area contributed by atoms with Crippen molar-refractivity contribution in [2.45, 2.75) is 19.8 Å². The minimum absolute atomic E-state index is 0.0169. The number of aliphatic carboxylic acids is 1. The summed E-state index contributed by atoms with van der Waals surface area (Å²) in [6.45, 7) is 2.09. The van der Waals surface area contributed by atoms with Gasteiger partial charge in [-0.05, 0) is 67.4 Å². The molecule has 0 spiro atoms. The van der Waals surface area contributed by atoms with Crippen LogP contribution in [0, 0.1) is 6.92 Å². The third-order valence-electron chi connectivity index (χ3n) is 4.95. The number of aromatic nitrogens is 1. The van der Waals surface area contributed by atoms with E-state index in [4.69, 9.17) is 20.3 Å². The van der Waals surface area contributed by atoms with Crippen molar-refractivity contribution in [2.24, 2.45) is 5.73 Å². The Kier molecular flexibility index (Phi) is 4.72. The molecule has 3 N–H and O–H groups in total. The van der Waals surface area contributed by atoms with E-state index in [-0.39, 0.29) is 13.2 Å². The van der Waals surface area contributed by atoms with Gasteiger partial charge in [-0.2, -0.15) is 0 Å². The van der Waals surface area contributed by atoms with Gasteiger partial charge in [0.2, 0.25) is 12.7 Å². The highest BCUT2D eigenvalue weighted by molar-refractivity contribution is 5.93. The molecule has 0 aliphatic carbocycles. The minimum Gasteiger partial charge on any atom is -0.481 e. The lowest BCUT2D eigenvalue weighted by atomic mass is 10.1. The minimum atomic E-state index is -0.858. The van der Waals surface area contributed by atoms with Gasteiger partial charge in [0.05, 0.1) is 12.1 Å². The second-order valence-corrected chi connectivity index (χ2v) is 6.87. The fraction of sp³-hybridized carbons (Fsp3) is 0.182. The number of carbonyl (C=O) groups is 2. The molecule has 0 bridgehead atoms. The van der Waals surface area contributed by atoms with Crippen LogP contribution in [-0.4, -0.2) is 28.3 Å². The molecule has 0 atom stereocenters. The lowest BCUT2D eigenvalue weighted by Crippen LogP contribution is -2.12. The van der Waals surface area contributed by atoms with Crippen LogP contribution in [-0.2, 0) is 11.2 Å². The summed E-state index contributed by atoms with van der Waals surface area (Å²) >= 11 is 0. The summed E-state index contributed by atoms with van der Waals surface area (Å²) in [6.07, 6.45) is 0.389. The molecule has 0 radical (unpaired) electrons. The summed E-state index contributed by atoms with van der Waals surface area (Å²) in [4.78, 5) is 22.6. The Bertz CT molecular complexity index is 1120. The highest BCUT2D eigenvalue weighted by atomic mass is 16.7. The van der Waals surface area contributed by atoms with Crippen molar-refractivity contribution in [1.29, 1.82) is 0 Å². The molecule has 148 valence electrons. The van der Waals surface area contributed by atoms with Crippen molar-refractivity contribution in [1.82, 2.24) is 4.57 Å². The van der Waals surface area contributed by atoms with Crippen molar-refractivity contribution in [3.05, 3.63) is 65.4 Å². The van der Waals surface area contributed by atoms with Crippen LogP contribution in [0.25, 0.3) is 16.9 Å². The smallest absolute Gasteiger partial charge is 0.303 e. The molecule has 2 heterocycles. The maximum atomic E-state index is 11.5. The first-order valence-electron chi connectivity index (χ1n) is 9.17. The maximum absolute atomic E-state index is 11.5. The predicted octanol–water partition coefficient (Wildman–Crippen LogP) is 3.30. The molecular weight excluding hydrogens is 372 g/mol. The number of nitrogens with zero attached hydrogens (tertiary/aromatic N) is 1. The van der Waals surface area contributed by atoms with Gasteiger partial charge in [0.1, 0.15) is 0 Å². The van der Waals surface area contributed by atoms with Crippen molar-refractivity contribution < 1.29 is 24.2 Å².